The van der Waals surface area contributed by atoms with E-state index in [1.807, 2.05) is 18.2 Å². The molecule has 0 saturated heterocycles. The Morgan fingerprint density at radius 1 is 1.08 bits per heavy atom. The number of rotatable bonds is 7. The van der Waals surface area contributed by atoms with Gasteiger partial charge in [0.05, 0.1) is 17.1 Å². The zero-order valence-electron chi connectivity index (χ0n) is 14.2. The normalized spacial score (nSPS) is 13.1. The van der Waals surface area contributed by atoms with Gasteiger partial charge in [0, 0.05) is 10.4 Å². The number of hydrogen-bond acceptors (Lipinski definition) is 5. The fourth-order valence-corrected chi connectivity index (χ4v) is 4.90. The maximum absolute atomic E-state index is 13.1. The fraction of sp³-hybridized carbons (Fsp3) is 0.316. The predicted octanol–water partition coefficient (Wildman–Crippen LogP) is 3.01. The Bertz CT molecular complexity index is 831. The number of carbonyl (C=O) groups is 3. The smallest absolute Gasteiger partial charge is 0.235 e. The molecule has 0 bridgehead atoms. The van der Waals surface area contributed by atoms with Crippen molar-refractivity contribution in [1.82, 2.24) is 0 Å². The molecule has 3 rings (SSSR count). The van der Waals surface area contributed by atoms with Crippen molar-refractivity contribution in [1.29, 1.82) is 0 Å². The third-order valence-electron chi connectivity index (χ3n) is 4.16. The van der Waals surface area contributed by atoms with Crippen LogP contribution in [0.15, 0.2) is 30.3 Å². The van der Waals surface area contributed by atoms with Crippen LogP contribution in [0.2, 0.25) is 0 Å². The lowest BCUT2D eigenvalue weighted by atomic mass is 9.92. The molecule has 26 heavy (non-hydrogen) atoms. The summed E-state index contributed by atoms with van der Waals surface area (Å²) in [5, 5.41) is 3.50. The third-order valence-corrected chi connectivity index (χ3v) is 6.33. The topological polar surface area (TPSA) is 89.3 Å². The van der Waals surface area contributed by atoms with Crippen molar-refractivity contribution in [2.75, 3.05) is 16.8 Å². The van der Waals surface area contributed by atoms with Gasteiger partial charge in [-0.2, -0.15) is 0 Å². The molecule has 7 heteroatoms. The van der Waals surface area contributed by atoms with Crippen molar-refractivity contribution in [3.63, 3.8) is 0 Å². The molecule has 0 radical (unpaired) electrons. The largest absolute Gasteiger partial charge is 0.369 e. The number of anilines is 1. The summed E-state index contributed by atoms with van der Waals surface area (Å²) in [5.41, 5.74) is 7.42. The molecule has 0 fully saturated rings. The Labute approximate surface area is 160 Å². The van der Waals surface area contributed by atoms with E-state index in [0.29, 0.717) is 16.1 Å². The van der Waals surface area contributed by atoms with E-state index in [2.05, 4.69) is 5.32 Å². The average Bonchev–Trinajstić information content (AvgIpc) is 2.99. The van der Waals surface area contributed by atoms with Gasteiger partial charge < -0.3 is 11.1 Å². The number of ketones is 1. The van der Waals surface area contributed by atoms with Crippen LogP contribution in [0.4, 0.5) is 5.00 Å². The summed E-state index contributed by atoms with van der Waals surface area (Å²) in [6, 6.07) is 9.14. The molecule has 0 aliphatic heterocycles. The molecule has 1 aliphatic carbocycles. The Kier molecular flexibility index (Phi) is 6.11. The summed E-state index contributed by atoms with van der Waals surface area (Å²) in [6.45, 7) is 0. The first kappa shape index (κ1) is 18.7. The van der Waals surface area contributed by atoms with E-state index in [0.717, 1.165) is 31.2 Å². The van der Waals surface area contributed by atoms with E-state index < -0.39 is 5.91 Å². The predicted molar refractivity (Wildman–Crippen MR) is 106 cm³/mol. The second-order valence-electron chi connectivity index (χ2n) is 6.12. The third kappa shape index (κ3) is 4.34. The minimum atomic E-state index is -0.450. The molecule has 5 nitrogen and oxygen atoms in total. The number of thioether (sulfide) groups is 1. The van der Waals surface area contributed by atoms with Gasteiger partial charge in [-0.15, -0.1) is 23.1 Å². The fourth-order valence-electron chi connectivity index (χ4n) is 3.04. The van der Waals surface area contributed by atoms with Crippen molar-refractivity contribution >= 4 is 45.7 Å². The van der Waals surface area contributed by atoms with Crippen molar-refractivity contribution in [3.8, 4) is 0 Å². The number of nitrogens with two attached hydrogens (primary N) is 1. The van der Waals surface area contributed by atoms with Crippen LogP contribution in [0.3, 0.4) is 0 Å². The Morgan fingerprint density at radius 2 is 1.81 bits per heavy atom. The van der Waals surface area contributed by atoms with Crippen molar-refractivity contribution < 1.29 is 14.4 Å². The van der Waals surface area contributed by atoms with Crippen LogP contribution in [-0.4, -0.2) is 29.1 Å². The summed E-state index contributed by atoms with van der Waals surface area (Å²) in [4.78, 5) is 37.3. The van der Waals surface area contributed by atoms with Crippen LogP contribution in [0.25, 0.3) is 0 Å². The number of nitrogens with one attached hydrogen (secondary N) is 1. The molecule has 3 N–H and O–H groups in total. The molecule has 0 unspecified atom stereocenters. The van der Waals surface area contributed by atoms with Crippen LogP contribution in [0.1, 0.15) is 39.2 Å². The van der Waals surface area contributed by atoms with Crippen LogP contribution in [0, 0.1) is 0 Å². The first-order valence-corrected chi connectivity index (χ1v) is 10.4. The van der Waals surface area contributed by atoms with Gasteiger partial charge in [-0.1, -0.05) is 30.3 Å². The standard InChI is InChI=1S/C19H20N2O3S2/c20-15(22)10-25-11-16(23)21-19-17(13-8-4-5-9-14(13)26-19)18(24)12-6-2-1-3-7-12/h1-3,6-7H,4-5,8-11H2,(H2,20,22)(H,21,23). The number of aryl methyl sites for hydroxylation is 1. The van der Waals surface area contributed by atoms with Gasteiger partial charge in [0.25, 0.3) is 0 Å². The number of primary amides is 1. The monoisotopic (exact) mass is 388 g/mol. The van der Waals surface area contributed by atoms with Crippen molar-refractivity contribution in [2.45, 2.75) is 25.7 Å². The van der Waals surface area contributed by atoms with Gasteiger partial charge in [0.1, 0.15) is 5.00 Å². The van der Waals surface area contributed by atoms with E-state index in [-0.39, 0.29) is 23.2 Å². The molecular weight excluding hydrogens is 368 g/mol. The van der Waals surface area contributed by atoms with E-state index in [4.69, 9.17) is 5.73 Å². The highest BCUT2D eigenvalue weighted by Gasteiger charge is 2.26. The van der Waals surface area contributed by atoms with Gasteiger partial charge in [0.2, 0.25) is 11.8 Å². The van der Waals surface area contributed by atoms with Crippen LogP contribution in [-0.2, 0) is 22.4 Å². The first-order chi connectivity index (χ1) is 12.6. The molecule has 1 heterocycles. The lowest BCUT2D eigenvalue weighted by Crippen LogP contribution is -2.19. The van der Waals surface area contributed by atoms with Crippen LogP contribution in [0.5, 0.6) is 0 Å². The highest BCUT2D eigenvalue weighted by Crippen LogP contribution is 2.39. The highest BCUT2D eigenvalue weighted by molar-refractivity contribution is 8.00. The van der Waals surface area contributed by atoms with E-state index in [1.54, 1.807) is 12.1 Å². The zero-order chi connectivity index (χ0) is 18.5. The molecule has 136 valence electrons. The number of amides is 2. The summed E-state index contributed by atoms with van der Waals surface area (Å²) in [5.74, 6) is -0.495. The minimum absolute atomic E-state index is 0.0508. The Morgan fingerprint density at radius 3 is 2.54 bits per heavy atom. The molecular formula is C19H20N2O3S2. The van der Waals surface area contributed by atoms with Crippen molar-refractivity contribution in [3.05, 3.63) is 51.9 Å². The van der Waals surface area contributed by atoms with Gasteiger partial charge in [-0.3, -0.25) is 14.4 Å². The number of carbonyl (C=O) groups excluding carboxylic acids is 3. The first-order valence-electron chi connectivity index (χ1n) is 8.46. The minimum Gasteiger partial charge on any atom is -0.369 e. The van der Waals surface area contributed by atoms with Crippen LogP contribution >= 0.6 is 23.1 Å². The maximum Gasteiger partial charge on any atom is 0.235 e. The Hall–Kier alpha value is -2.12. The summed E-state index contributed by atoms with van der Waals surface area (Å²) >= 11 is 2.67. The molecule has 1 aliphatic rings. The zero-order valence-corrected chi connectivity index (χ0v) is 15.9. The van der Waals surface area contributed by atoms with Crippen LogP contribution < -0.4 is 11.1 Å². The Balaban J connectivity index is 1.85. The lowest BCUT2D eigenvalue weighted by Gasteiger charge is -2.12. The van der Waals surface area contributed by atoms with Crippen molar-refractivity contribution in [2.24, 2.45) is 5.73 Å². The van der Waals surface area contributed by atoms with E-state index >= 15 is 0 Å². The molecule has 1 aromatic carbocycles. The average molecular weight is 389 g/mol. The van der Waals surface area contributed by atoms with Gasteiger partial charge >= 0.3 is 0 Å². The quantitative estimate of drug-likeness (QED) is 0.714. The maximum atomic E-state index is 13.1. The molecule has 0 atom stereocenters. The second-order valence-corrected chi connectivity index (χ2v) is 8.21. The van der Waals surface area contributed by atoms with E-state index in [9.17, 15) is 14.4 Å². The molecule has 0 spiro atoms. The number of thiophene rings is 1. The van der Waals surface area contributed by atoms with E-state index in [1.165, 1.54) is 28.0 Å². The van der Waals surface area contributed by atoms with Gasteiger partial charge in [-0.25, -0.2) is 0 Å². The number of hydrogen-bond donors (Lipinski definition) is 2. The SMILES string of the molecule is NC(=O)CSCC(=O)Nc1sc2c(c1C(=O)c1ccccc1)CCCC2. The summed E-state index contributed by atoms with van der Waals surface area (Å²) < 4.78 is 0. The molecule has 1 aromatic heterocycles. The summed E-state index contributed by atoms with van der Waals surface area (Å²) in [6.07, 6.45) is 3.97. The summed E-state index contributed by atoms with van der Waals surface area (Å²) in [7, 11) is 0. The second kappa shape index (κ2) is 8.51. The van der Waals surface area contributed by atoms with Gasteiger partial charge in [0.15, 0.2) is 5.78 Å². The van der Waals surface area contributed by atoms with Gasteiger partial charge in [-0.05, 0) is 31.2 Å². The number of benzene rings is 1. The number of fused-ring (bicyclic) bond motifs is 1. The molecule has 2 amide bonds. The molecule has 0 saturated carbocycles. The molecule has 2 aromatic rings. The lowest BCUT2D eigenvalue weighted by molar-refractivity contribution is -0.115. The highest BCUT2D eigenvalue weighted by atomic mass is 32.2.